The molecule has 5 amide bonds. The maximum atomic E-state index is 13.3. The number of carbonyl (C=O) groups is 5. The third-order valence-corrected chi connectivity index (χ3v) is 8.05. The standard InChI is InChI=1S/C31H39N9O11/c1-15(32)27(45)39(3)13-21(26(44)34-12-22-24(42)31(50,14-51-22)40-9-8-23(41)38-30(40)49)36-25(43)16(2)35-29(48)37-20(28(46)47)10-17-11-33-19-7-5-4-6-18(17)19/h4-9,11-12,15-16,20-21,24,33,42,50H,10,13-14,32H2,1-3H3,(H,34,44)(H,36,43)(H,46,47)(H2,35,37,48)(H,38,41,49)/b22-12-/t15-,16+,20+,21+,24?,31?/m1/s1. The minimum atomic E-state index is -2.36. The van der Waals surface area contributed by atoms with Gasteiger partial charge in [-0.2, -0.15) is 0 Å². The van der Waals surface area contributed by atoms with Crippen LogP contribution in [-0.4, -0.2) is 115 Å². The summed E-state index contributed by atoms with van der Waals surface area (Å²) >= 11 is 0. The Bertz CT molecular complexity index is 1950. The van der Waals surface area contributed by atoms with Crippen LogP contribution in [0.5, 0.6) is 0 Å². The zero-order valence-corrected chi connectivity index (χ0v) is 27.7. The van der Waals surface area contributed by atoms with E-state index in [0.717, 1.165) is 34.3 Å². The van der Waals surface area contributed by atoms with Gasteiger partial charge in [-0.1, -0.05) is 18.2 Å². The van der Waals surface area contributed by atoms with Crippen LogP contribution in [0.15, 0.2) is 64.3 Å². The van der Waals surface area contributed by atoms with Gasteiger partial charge in [0.25, 0.3) is 5.56 Å². The predicted molar refractivity (Wildman–Crippen MR) is 177 cm³/mol. The van der Waals surface area contributed by atoms with Crippen LogP contribution in [0.2, 0.25) is 0 Å². The maximum Gasteiger partial charge on any atom is 0.330 e. The molecule has 1 saturated heterocycles. The van der Waals surface area contributed by atoms with Crippen molar-refractivity contribution in [3.8, 4) is 0 Å². The number of rotatable bonds is 13. The number of ether oxygens (including phenoxy) is 1. The second-order valence-electron chi connectivity index (χ2n) is 12.0. The summed E-state index contributed by atoms with van der Waals surface area (Å²) in [6.07, 6.45) is 1.50. The fourth-order valence-electron chi connectivity index (χ4n) is 5.25. The summed E-state index contributed by atoms with van der Waals surface area (Å²) in [5, 5.41) is 41.6. The molecule has 2 aromatic heterocycles. The van der Waals surface area contributed by atoms with Crippen LogP contribution in [0, 0.1) is 0 Å². The summed E-state index contributed by atoms with van der Waals surface area (Å²) in [7, 11) is 1.33. The first-order valence-corrected chi connectivity index (χ1v) is 15.5. The molecule has 274 valence electrons. The number of amides is 5. The number of nitrogens with one attached hydrogen (secondary N) is 6. The second-order valence-corrected chi connectivity index (χ2v) is 12.0. The van der Waals surface area contributed by atoms with E-state index in [1.807, 2.05) is 17.1 Å². The lowest BCUT2D eigenvalue weighted by Gasteiger charge is -2.27. The molecule has 4 rings (SSSR count). The van der Waals surface area contributed by atoms with E-state index in [-0.39, 0.29) is 12.2 Å². The molecule has 1 aliphatic heterocycles. The molecule has 20 nitrogen and oxygen atoms in total. The number of aromatic nitrogens is 3. The van der Waals surface area contributed by atoms with Crippen molar-refractivity contribution in [3.63, 3.8) is 0 Å². The summed E-state index contributed by atoms with van der Waals surface area (Å²) in [5.74, 6) is -4.12. The van der Waals surface area contributed by atoms with Crippen molar-refractivity contribution >= 4 is 40.6 Å². The highest BCUT2D eigenvalue weighted by atomic mass is 16.5. The molecule has 51 heavy (non-hydrogen) atoms. The van der Waals surface area contributed by atoms with Gasteiger partial charge in [0, 0.05) is 55.6 Å². The third-order valence-electron chi connectivity index (χ3n) is 8.05. The molecule has 0 aliphatic carbocycles. The molecule has 20 heteroatoms. The topological polar surface area (TPSA) is 303 Å². The lowest BCUT2D eigenvalue weighted by molar-refractivity contribution is -0.139. The number of H-pyrrole nitrogens is 2. The third kappa shape index (κ3) is 8.79. The van der Waals surface area contributed by atoms with Crippen LogP contribution < -0.4 is 38.2 Å². The van der Waals surface area contributed by atoms with Gasteiger partial charge in [0.05, 0.1) is 6.04 Å². The second kappa shape index (κ2) is 15.7. The summed E-state index contributed by atoms with van der Waals surface area (Å²) in [6.45, 7) is 1.63. The highest BCUT2D eigenvalue weighted by Crippen LogP contribution is 2.30. The number of fused-ring (bicyclic) bond motifs is 1. The lowest BCUT2D eigenvalue weighted by Crippen LogP contribution is -2.58. The number of aromatic amines is 2. The fourth-order valence-corrected chi connectivity index (χ4v) is 5.25. The van der Waals surface area contributed by atoms with Crippen molar-refractivity contribution in [1.82, 2.24) is 40.7 Å². The predicted octanol–water partition coefficient (Wildman–Crippen LogP) is -3.31. The molecular formula is C31H39N9O11. The van der Waals surface area contributed by atoms with Gasteiger partial charge in [-0.05, 0) is 25.5 Å². The summed E-state index contributed by atoms with van der Waals surface area (Å²) in [6, 6.07) is 2.05. The molecule has 2 unspecified atom stereocenters. The summed E-state index contributed by atoms with van der Waals surface area (Å²) in [4.78, 5) is 93.4. The first-order valence-electron chi connectivity index (χ1n) is 15.5. The lowest BCUT2D eigenvalue weighted by atomic mass is 10.1. The van der Waals surface area contributed by atoms with E-state index in [1.54, 1.807) is 18.3 Å². The Morgan fingerprint density at radius 3 is 2.47 bits per heavy atom. The smallest absolute Gasteiger partial charge is 0.330 e. The number of carboxylic acid groups (broad SMARTS) is 1. The monoisotopic (exact) mass is 713 g/mol. The van der Waals surface area contributed by atoms with Gasteiger partial charge in [-0.3, -0.25) is 28.7 Å². The Hall–Kier alpha value is -5.99. The molecule has 1 aromatic carbocycles. The van der Waals surface area contributed by atoms with Crippen molar-refractivity contribution in [2.75, 3.05) is 20.2 Å². The molecule has 0 bridgehead atoms. The van der Waals surface area contributed by atoms with Gasteiger partial charge in [-0.25, -0.2) is 14.4 Å². The molecule has 1 fully saturated rings. The number of aliphatic hydroxyl groups excluding tert-OH is 1. The average molecular weight is 714 g/mol. The van der Waals surface area contributed by atoms with Crippen molar-refractivity contribution in [2.24, 2.45) is 5.73 Å². The summed E-state index contributed by atoms with van der Waals surface area (Å²) in [5.41, 5.74) is 2.97. The SMILES string of the molecule is C[C@H](NC(=O)N[C@@H](Cc1c[nH]c2ccccc12)C(=O)O)C(=O)N[C@@H](CN(C)C(=O)[C@@H](C)N)C(=O)N/C=C1\OCC(O)(n2ccc(=O)[nH]c2=O)C1O. The molecule has 3 aromatic rings. The number of nitrogens with zero attached hydrogens (tertiary/aromatic N) is 2. The fraction of sp³-hybridized carbons (Fsp3) is 0.387. The number of urea groups is 1. The maximum absolute atomic E-state index is 13.3. The zero-order valence-electron chi connectivity index (χ0n) is 27.7. The molecule has 0 radical (unpaired) electrons. The van der Waals surface area contributed by atoms with Gasteiger partial charge >= 0.3 is 17.7 Å². The number of benzene rings is 1. The van der Waals surface area contributed by atoms with Gasteiger partial charge < -0.3 is 56.9 Å². The first-order chi connectivity index (χ1) is 24.0. The van der Waals surface area contributed by atoms with E-state index in [9.17, 15) is 48.9 Å². The van der Waals surface area contributed by atoms with Crippen LogP contribution in [0.4, 0.5) is 4.79 Å². The molecule has 0 saturated carbocycles. The van der Waals surface area contributed by atoms with E-state index in [0.29, 0.717) is 10.1 Å². The van der Waals surface area contributed by atoms with Gasteiger partial charge in [0.2, 0.25) is 23.4 Å². The number of carboxylic acids is 1. The van der Waals surface area contributed by atoms with E-state index >= 15 is 0 Å². The number of aliphatic carboxylic acids is 1. The Balaban J connectivity index is 1.43. The molecule has 6 atom stereocenters. The normalized spacial score (nSPS) is 20.0. The highest BCUT2D eigenvalue weighted by Gasteiger charge is 2.48. The molecule has 1 aliphatic rings. The largest absolute Gasteiger partial charge is 0.488 e. The molecular weight excluding hydrogens is 674 g/mol. The first kappa shape index (κ1) is 37.8. The Labute approximate surface area is 288 Å². The Morgan fingerprint density at radius 2 is 1.80 bits per heavy atom. The van der Waals surface area contributed by atoms with Crippen LogP contribution in [-0.2, 0) is 36.1 Å². The van der Waals surface area contributed by atoms with Crippen LogP contribution in [0.25, 0.3) is 10.9 Å². The van der Waals surface area contributed by atoms with Gasteiger partial charge in [0.15, 0.2) is 6.10 Å². The van der Waals surface area contributed by atoms with E-state index < -0.39 is 90.1 Å². The number of carbonyl (C=O) groups excluding carboxylic acids is 4. The molecule has 0 spiro atoms. The van der Waals surface area contributed by atoms with Crippen molar-refractivity contribution in [2.45, 2.75) is 56.3 Å². The van der Waals surface area contributed by atoms with Crippen molar-refractivity contribution in [1.29, 1.82) is 0 Å². The number of likely N-dealkylation sites (N-methyl/N-ethyl adjacent to an activating group) is 1. The van der Waals surface area contributed by atoms with Crippen molar-refractivity contribution in [3.05, 3.63) is 81.1 Å². The van der Waals surface area contributed by atoms with Crippen LogP contribution in [0.1, 0.15) is 19.4 Å². The van der Waals surface area contributed by atoms with Gasteiger partial charge in [0.1, 0.15) is 30.5 Å². The van der Waals surface area contributed by atoms with E-state index in [4.69, 9.17) is 10.5 Å². The average Bonchev–Trinajstić information content (AvgIpc) is 3.61. The van der Waals surface area contributed by atoms with Gasteiger partial charge in [-0.15, -0.1) is 0 Å². The number of hydrogen-bond donors (Lipinski definition) is 10. The summed E-state index contributed by atoms with van der Waals surface area (Å²) < 4.78 is 5.94. The Morgan fingerprint density at radius 1 is 1.10 bits per heavy atom. The number of para-hydroxylation sites is 1. The van der Waals surface area contributed by atoms with Crippen molar-refractivity contribution < 1.29 is 44.0 Å². The number of nitrogens with two attached hydrogens (primary N) is 1. The van der Waals surface area contributed by atoms with Crippen LogP contribution in [0.3, 0.4) is 0 Å². The number of aliphatic hydroxyl groups is 2. The molecule has 3 heterocycles. The zero-order chi connectivity index (χ0) is 37.6. The minimum absolute atomic E-state index is 0.0670. The highest BCUT2D eigenvalue weighted by molar-refractivity contribution is 5.93. The minimum Gasteiger partial charge on any atom is -0.488 e. The Kier molecular flexibility index (Phi) is 11.6. The van der Waals surface area contributed by atoms with E-state index in [2.05, 4.69) is 26.3 Å². The number of hydrogen-bond acceptors (Lipinski definition) is 11. The van der Waals surface area contributed by atoms with E-state index in [1.165, 1.54) is 20.9 Å². The molecule has 11 N–H and O–H groups in total. The quantitative estimate of drug-likeness (QED) is 0.0833. The van der Waals surface area contributed by atoms with Crippen LogP contribution >= 0.6 is 0 Å².